The van der Waals surface area contributed by atoms with Gasteiger partial charge in [-0.1, -0.05) is 141 Å². The summed E-state index contributed by atoms with van der Waals surface area (Å²) in [6.07, 6.45) is 0. The minimum atomic E-state index is -0.0889. The van der Waals surface area contributed by atoms with Crippen molar-refractivity contribution in [2.45, 2.75) is 19.3 Å². The smallest absolute Gasteiger partial charge is 0.0541 e. The summed E-state index contributed by atoms with van der Waals surface area (Å²) < 4.78 is 2.39. The molecular formula is C53H37N. The predicted octanol–water partition coefficient (Wildman–Crippen LogP) is 14.4. The summed E-state index contributed by atoms with van der Waals surface area (Å²) >= 11 is 0. The number of fused-ring (bicyclic) bond motifs is 9. The molecule has 0 spiro atoms. The number of hydrogen-bond acceptors (Lipinski definition) is 0. The summed E-state index contributed by atoms with van der Waals surface area (Å²) in [6, 6.07) is 69.7. The van der Waals surface area contributed by atoms with Crippen molar-refractivity contribution in [1.82, 2.24) is 4.57 Å². The van der Waals surface area contributed by atoms with Crippen molar-refractivity contribution < 1.29 is 0 Å². The van der Waals surface area contributed by atoms with Crippen LogP contribution in [0.2, 0.25) is 0 Å². The van der Waals surface area contributed by atoms with Crippen LogP contribution in [0, 0.1) is 0 Å². The first-order valence-electron chi connectivity index (χ1n) is 18.9. The van der Waals surface area contributed by atoms with Crippen LogP contribution in [0.4, 0.5) is 0 Å². The van der Waals surface area contributed by atoms with Crippen LogP contribution < -0.4 is 0 Å². The molecule has 1 nitrogen and oxygen atoms in total. The summed E-state index contributed by atoms with van der Waals surface area (Å²) in [5.74, 6) is 0. The number of hydrogen-bond donors (Lipinski definition) is 0. The van der Waals surface area contributed by atoms with Crippen LogP contribution in [-0.4, -0.2) is 4.57 Å². The average molecular weight is 688 g/mol. The van der Waals surface area contributed by atoms with Crippen LogP contribution in [0.1, 0.15) is 25.0 Å². The molecule has 0 N–H and O–H groups in total. The van der Waals surface area contributed by atoms with Gasteiger partial charge in [0.1, 0.15) is 0 Å². The maximum absolute atomic E-state index is 2.51. The summed E-state index contributed by atoms with van der Waals surface area (Å²) in [5.41, 5.74) is 16.4. The fourth-order valence-electron chi connectivity index (χ4n) is 9.27. The second-order valence-corrected chi connectivity index (χ2v) is 15.3. The molecule has 254 valence electrons. The molecule has 1 aliphatic rings. The number of benzene rings is 9. The Morgan fingerprint density at radius 1 is 0.333 bits per heavy atom. The molecule has 0 bridgehead atoms. The van der Waals surface area contributed by atoms with Crippen LogP contribution in [0.5, 0.6) is 0 Å². The van der Waals surface area contributed by atoms with E-state index in [0.717, 1.165) is 0 Å². The Morgan fingerprint density at radius 3 is 1.83 bits per heavy atom. The highest BCUT2D eigenvalue weighted by atomic mass is 15.0. The zero-order chi connectivity index (χ0) is 36.0. The van der Waals surface area contributed by atoms with Crippen molar-refractivity contribution in [3.05, 3.63) is 199 Å². The third-order valence-electron chi connectivity index (χ3n) is 12.0. The minimum absolute atomic E-state index is 0.0889. The standard InChI is InChI=1S/C53H37N/c1-53(2)49-22-11-9-20-41(49)47-32-45-43-29-36(37-26-27-52-48(30-37)42-21-10-12-23-51(42)54(52)40-18-7-4-8-19-40)24-25-39(43)31-44(46(45)33-50(47)53)38-17-13-16-35(28-38)34-14-5-3-6-15-34/h3-33H,1-2H3. The molecule has 0 radical (unpaired) electrons. The van der Waals surface area contributed by atoms with E-state index in [1.807, 2.05) is 0 Å². The first-order valence-corrected chi connectivity index (χ1v) is 18.9. The van der Waals surface area contributed by atoms with E-state index < -0.39 is 0 Å². The van der Waals surface area contributed by atoms with Gasteiger partial charge in [-0.2, -0.15) is 0 Å². The quantitative estimate of drug-likeness (QED) is 0.162. The molecular weight excluding hydrogens is 651 g/mol. The molecule has 1 heteroatoms. The van der Waals surface area contributed by atoms with Gasteiger partial charge in [-0.05, 0) is 138 Å². The van der Waals surface area contributed by atoms with E-state index >= 15 is 0 Å². The highest BCUT2D eigenvalue weighted by Crippen LogP contribution is 2.51. The summed E-state index contributed by atoms with van der Waals surface area (Å²) in [4.78, 5) is 0. The van der Waals surface area contributed by atoms with Crippen molar-refractivity contribution in [1.29, 1.82) is 0 Å². The highest BCUT2D eigenvalue weighted by Gasteiger charge is 2.35. The molecule has 1 aromatic heterocycles. The van der Waals surface area contributed by atoms with Gasteiger partial charge in [0.2, 0.25) is 0 Å². The van der Waals surface area contributed by atoms with Gasteiger partial charge in [-0.25, -0.2) is 0 Å². The molecule has 0 unspecified atom stereocenters. The van der Waals surface area contributed by atoms with Crippen molar-refractivity contribution in [2.75, 3.05) is 0 Å². The van der Waals surface area contributed by atoms with Crippen LogP contribution in [0.3, 0.4) is 0 Å². The molecule has 0 fully saturated rings. The molecule has 0 atom stereocenters. The van der Waals surface area contributed by atoms with E-state index in [1.54, 1.807) is 0 Å². The Labute approximate surface area is 315 Å². The predicted molar refractivity (Wildman–Crippen MR) is 230 cm³/mol. The first kappa shape index (κ1) is 30.9. The minimum Gasteiger partial charge on any atom is -0.309 e. The maximum atomic E-state index is 2.51. The molecule has 0 amide bonds. The monoisotopic (exact) mass is 687 g/mol. The highest BCUT2D eigenvalue weighted by molar-refractivity contribution is 6.17. The third kappa shape index (κ3) is 4.58. The Kier molecular flexibility index (Phi) is 6.66. The first-order chi connectivity index (χ1) is 26.5. The van der Waals surface area contributed by atoms with Gasteiger partial charge in [-0.15, -0.1) is 0 Å². The van der Waals surface area contributed by atoms with E-state index in [1.165, 1.54) is 105 Å². The van der Waals surface area contributed by atoms with Crippen LogP contribution in [0.25, 0.3) is 93.5 Å². The molecule has 10 aromatic rings. The number of para-hydroxylation sites is 2. The largest absolute Gasteiger partial charge is 0.309 e. The fourth-order valence-corrected chi connectivity index (χ4v) is 9.27. The van der Waals surface area contributed by atoms with Crippen molar-refractivity contribution >= 4 is 43.4 Å². The molecule has 0 saturated heterocycles. The van der Waals surface area contributed by atoms with Gasteiger partial charge in [0.15, 0.2) is 0 Å². The van der Waals surface area contributed by atoms with Gasteiger partial charge in [0.05, 0.1) is 11.0 Å². The molecule has 1 heterocycles. The fraction of sp³-hybridized carbons (Fsp3) is 0.0566. The molecule has 54 heavy (non-hydrogen) atoms. The van der Waals surface area contributed by atoms with Crippen LogP contribution >= 0.6 is 0 Å². The SMILES string of the molecule is CC1(C)c2ccccc2-c2cc3c(cc21)c(-c1cccc(-c2ccccc2)c1)cc1ccc(-c2ccc4c(c2)c2ccccc2n4-c2ccccc2)cc13. The number of nitrogens with zero attached hydrogens (tertiary/aromatic N) is 1. The summed E-state index contributed by atoms with van der Waals surface area (Å²) in [7, 11) is 0. The van der Waals surface area contributed by atoms with Gasteiger partial charge in [0.25, 0.3) is 0 Å². The Hall–Kier alpha value is -6.70. The van der Waals surface area contributed by atoms with Crippen LogP contribution in [-0.2, 0) is 5.41 Å². The van der Waals surface area contributed by atoms with Crippen LogP contribution in [0.15, 0.2) is 188 Å². The molecule has 0 aliphatic heterocycles. The summed E-state index contributed by atoms with van der Waals surface area (Å²) in [6.45, 7) is 4.76. The van der Waals surface area contributed by atoms with Crippen molar-refractivity contribution in [3.8, 4) is 50.2 Å². The number of rotatable bonds is 4. The average Bonchev–Trinajstić information content (AvgIpc) is 3.68. The lowest BCUT2D eigenvalue weighted by molar-refractivity contribution is 0.661. The second kappa shape index (κ2) is 11.7. The zero-order valence-electron chi connectivity index (χ0n) is 30.3. The van der Waals surface area contributed by atoms with E-state index in [2.05, 4.69) is 206 Å². The van der Waals surface area contributed by atoms with E-state index in [0.29, 0.717) is 0 Å². The topological polar surface area (TPSA) is 4.93 Å². The van der Waals surface area contributed by atoms with Gasteiger partial charge in [-0.3, -0.25) is 0 Å². The van der Waals surface area contributed by atoms with Gasteiger partial charge >= 0.3 is 0 Å². The number of aromatic nitrogens is 1. The molecule has 1 aliphatic carbocycles. The Balaban J connectivity index is 1.15. The van der Waals surface area contributed by atoms with Gasteiger partial charge in [0, 0.05) is 21.9 Å². The Bertz CT molecular complexity index is 3110. The normalized spacial score (nSPS) is 13.1. The van der Waals surface area contributed by atoms with Gasteiger partial charge < -0.3 is 4.57 Å². The molecule has 0 saturated carbocycles. The van der Waals surface area contributed by atoms with E-state index in [-0.39, 0.29) is 5.41 Å². The molecule has 11 rings (SSSR count). The lowest BCUT2D eigenvalue weighted by Gasteiger charge is -2.22. The third-order valence-corrected chi connectivity index (χ3v) is 12.0. The maximum Gasteiger partial charge on any atom is 0.0541 e. The van der Waals surface area contributed by atoms with E-state index in [4.69, 9.17) is 0 Å². The van der Waals surface area contributed by atoms with Crippen molar-refractivity contribution in [3.63, 3.8) is 0 Å². The lowest BCUT2D eigenvalue weighted by atomic mass is 9.80. The lowest BCUT2D eigenvalue weighted by Crippen LogP contribution is -2.14. The second-order valence-electron chi connectivity index (χ2n) is 15.3. The Morgan fingerprint density at radius 2 is 0.981 bits per heavy atom. The molecule has 9 aromatic carbocycles. The zero-order valence-corrected chi connectivity index (χ0v) is 30.3. The summed E-state index contributed by atoms with van der Waals surface area (Å²) in [5, 5.41) is 7.65. The van der Waals surface area contributed by atoms with Crippen molar-refractivity contribution in [2.24, 2.45) is 0 Å². The van der Waals surface area contributed by atoms with E-state index in [9.17, 15) is 0 Å².